The zero-order valence-corrected chi connectivity index (χ0v) is 19.7. The summed E-state index contributed by atoms with van der Waals surface area (Å²) in [6.07, 6.45) is 23.9. The van der Waals surface area contributed by atoms with Crippen LogP contribution in [0.15, 0.2) is 30.3 Å². The van der Waals surface area contributed by atoms with E-state index >= 15 is 0 Å². The highest BCUT2D eigenvalue weighted by Gasteiger charge is 2.34. The van der Waals surface area contributed by atoms with Crippen LogP contribution in [-0.2, 0) is 0 Å². The average molecular weight is 410 g/mol. The van der Waals surface area contributed by atoms with Gasteiger partial charge in [0.05, 0.1) is 0 Å². The van der Waals surface area contributed by atoms with Gasteiger partial charge in [-0.1, -0.05) is 63.6 Å². The second-order valence-corrected chi connectivity index (χ2v) is 11.1. The van der Waals surface area contributed by atoms with Crippen LogP contribution >= 0.6 is 0 Å². The summed E-state index contributed by atoms with van der Waals surface area (Å²) in [4.78, 5) is 0. The van der Waals surface area contributed by atoms with Crippen molar-refractivity contribution in [2.24, 2.45) is 29.6 Å². The molecule has 3 fully saturated rings. The average Bonchev–Trinajstić information content (AvgIpc) is 2.81. The van der Waals surface area contributed by atoms with E-state index in [4.69, 9.17) is 0 Å². The normalized spacial score (nSPS) is 35.1. The number of rotatable bonds is 8. The summed E-state index contributed by atoms with van der Waals surface area (Å²) in [5.41, 5.74) is 1.31. The maximum atomic E-state index is 3.77. The predicted octanol–water partition coefficient (Wildman–Crippen LogP) is 8.85. The van der Waals surface area contributed by atoms with Crippen molar-refractivity contribution in [3.05, 3.63) is 30.3 Å². The summed E-state index contributed by atoms with van der Waals surface area (Å²) in [7, 11) is 0. The molecule has 0 saturated heterocycles. The van der Waals surface area contributed by atoms with Gasteiger partial charge in [0.25, 0.3) is 0 Å². The molecule has 3 saturated carbocycles. The van der Waals surface area contributed by atoms with Gasteiger partial charge in [0.2, 0.25) is 0 Å². The lowest BCUT2D eigenvalue weighted by Gasteiger charge is -2.41. The van der Waals surface area contributed by atoms with E-state index in [1.165, 1.54) is 57.1 Å². The van der Waals surface area contributed by atoms with Crippen molar-refractivity contribution in [3.8, 4) is 0 Å². The molecule has 1 nitrogen and oxygen atoms in total. The zero-order valence-electron chi connectivity index (χ0n) is 19.7. The Balaban J connectivity index is 1.13. The summed E-state index contributed by atoms with van der Waals surface area (Å²) in [6, 6.07) is 11.5. The highest BCUT2D eigenvalue weighted by molar-refractivity contribution is 5.43. The fraction of sp³-hybridized carbons (Fsp3) is 0.793. The summed E-state index contributed by atoms with van der Waals surface area (Å²) < 4.78 is 0. The standard InChI is InChI=1S/C29H47N/c1-2-3-5-8-23-11-13-24(14-12-23)25-15-17-26(18-16-25)27-19-21-29(22-20-27)30-28-9-6-4-7-10-28/h4,6-7,9-10,23-27,29-30H,2-3,5,8,11-22H2,1H3. The van der Waals surface area contributed by atoms with E-state index in [0.29, 0.717) is 6.04 Å². The van der Waals surface area contributed by atoms with Crippen LogP contribution in [0.1, 0.15) is 110 Å². The first-order valence-electron chi connectivity index (χ1n) is 13.6. The van der Waals surface area contributed by atoms with Gasteiger partial charge in [0.15, 0.2) is 0 Å². The molecule has 0 bridgehead atoms. The third-order valence-corrected chi connectivity index (χ3v) is 9.17. The number of hydrogen-bond donors (Lipinski definition) is 1. The van der Waals surface area contributed by atoms with Gasteiger partial charge in [-0.25, -0.2) is 0 Å². The Morgan fingerprint density at radius 1 is 0.633 bits per heavy atom. The van der Waals surface area contributed by atoms with Gasteiger partial charge in [-0.3, -0.25) is 0 Å². The highest BCUT2D eigenvalue weighted by atomic mass is 14.9. The number of unbranched alkanes of at least 4 members (excludes halogenated alkanes) is 2. The second kappa shape index (κ2) is 11.6. The van der Waals surface area contributed by atoms with Crippen molar-refractivity contribution in [1.29, 1.82) is 0 Å². The van der Waals surface area contributed by atoms with E-state index in [1.807, 2.05) is 0 Å². The number of hydrogen-bond acceptors (Lipinski definition) is 1. The lowest BCUT2D eigenvalue weighted by atomic mass is 9.65. The number of anilines is 1. The lowest BCUT2D eigenvalue weighted by Crippen LogP contribution is -2.32. The molecular weight excluding hydrogens is 362 g/mol. The third kappa shape index (κ3) is 6.27. The van der Waals surface area contributed by atoms with Gasteiger partial charge in [-0.15, -0.1) is 0 Å². The molecule has 1 heteroatoms. The number of nitrogens with one attached hydrogen (secondary N) is 1. The highest BCUT2D eigenvalue weighted by Crippen LogP contribution is 2.46. The van der Waals surface area contributed by atoms with Crippen LogP contribution in [0.3, 0.4) is 0 Å². The Kier molecular flexibility index (Phi) is 8.58. The molecular formula is C29H47N. The van der Waals surface area contributed by atoms with E-state index in [-0.39, 0.29) is 0 Å². The molecule has 4 rings (SSSR count). The van der Waals surface area contributed by atoms with Crippen molar-refractivity contribution in [3.63, 3.8) is 0 Å². The van der Waals surface area contributed by atoms with Gasteiger partial charge >= 0.3 is 0 Å². The Hall–Kier alpha value is -0.980. The minimum atomic E-state index is 0.701. The summed E-state index contributed by atoms with van der Waals surface area (Å²) in [5.74, 6) is 5.30. The maximum Gasteiger partial charge on any atom is 0.0342 e. The van der Waals surface area contributed by atoms with Crippen molar-refractivity contribution < 1.29 is 0 Å². The Bertz CT molecular complexity index is 572. The number of para-hydroxylation sites is 1. The van der Waals surface area contributed by atoms with Crippen LogP contribution in [0.2, 0.25) is 0 Å². The SMILES string of the molecule is CCCCCC1CCC(C2CCC(C3CCC(Nc4ccccc4)CC3)CC2)CC1. The first-order valence-corrected chi connectivity index (χ1v) is 13.6. The van der Waals surface area contributed by atoms with Gasteiger partial charge < -0.3 is 5.32 Å². The first kappa shape index (κ1) is 22.2. The largest absolute Gasteiger partial charge is 0.382 e. The van der Waals surface area contributed by atoms with Crippen LogP contribution in [-0.4, -0.2) is 6.04 Å². The molecule has 30 heavy (non-hydrogen) atoms. The van der Waals surface area contributed by atoms with Gasteiger partial charge in [-0.05, 0) is 106 Å². The Morgan fingerprint density at radius 2 is 1.13 bits per heavy atom. The lowest BCUT2D eigenvalue weighted by molar-refractivity contribution is 0.110. The van der Waals surface area contributed by atoms with Crippen LogP contribution in [0, 0.1) is 29.6 Å². The monoisotopic (exact) mass is 409 g/mol. The molecule has 1 aromatic rings. The summed E-state index contributed by atoms with van der Waals surface area (Å²) in [5, 5.41) is 3.77. The molecule has 0 radical (unpaired) electrons. The fourth-order valence-electron chi connectivity index (χ4n) is 7.22. The van der Waals surface area contributed by atoms with Crippen LogP contribution in [0.25, 0.3) is 0 Å². The molecule has 168 valence electrons. The van der Waals surface area contributed by atoms with Crippen molar-refractivity contribution in [1.82, 2.24) is 0 Å². The van der Waals surface area contributed by atoms with Crippen LogP contribution < -0.4 is 5.32 Å². The molecule has 0 aliphatic heterocycles. The summed E-state index contributed by atoms with van der Waals surface area (Å²) in [6.45, 7) is 2.33. The van der Waals surface area contributed by atoms with E-state index in [9.17, 15) is 0 Å². The molecule has 0 atom stereocenters. The molecule has 0 unspecified atom stereocenters. The minimum absolute atomic E-state index is 0.701. The quantitative estimate of drug-likeness (QED) is 0.423. The van der Waals surface area contributed by atoms with Crippen LogP contribution in [0.5, 0.6) is 0 Å². The molecule has 3 aliphatic rings. The molecule has 0 spiro atoms. The topological polar surface area (TPSA) is 12.0 Å². The predicted molar refractivity (Wildman–Crippen MR) is 131 cm³/mol. The number of benzene rings is 1. The molecule has 0 amide bonds. The maximum absolute atomic E-state index is 3.77. The van der Waals surface area contributed by atoms with E-state index in [1.54, 1.807) is 51.4 Å². The van der Waals surface area contributed by atoms with Crippen molar-refractivity contribution >= 4 is 5.69 Å². The van der Waals surface area contributed by atoms with E-state index in [2.05, 4.69) is 42.6 Å². The van der Waals surface area contributed by atoms with Gasteiger partial charge in [0, 0.05) is 11.7 Å². The van der Waals surface area contributed by atoms with Gasteiger partial charge in [0.1, 0.15) is 0 Å². The second-order valence-electron chi connectivity index (χ2n) is 11.1. The smallest absolute Gasteiger partial charge is 0.0342 e. The molecule has 0 aromatic heterocycles. The molecule has 3 aliphatic carbocycles. The van der Waals surface area contributed by atoms with E-state index < -0.39 is 0 Å². The minimum Gasteiger partial charge on any atom is -0.382 e. The fourth-order valence-corrected chi connectivity index (χ4v) is 7.22. The summed E-state index contributed by atoms with van der Waals surface area (Å²) >= 11 is 0. The molecule has 1 aromatic carbocycles. The van der Waals surface area contributed by atoms with Crippen LogP contribution in [0.4, 0.5) is 5.69 Å². The molecule has 1 N–H and O–H groups in total. The first-order chi connectivity index (χ1) is 14.8. The Labute approximate surface area is 186 Å². The zero-order chi connectivity index (χ0) is 20.6. The molecule has 0 heterocycles. The third-order valence-electron chi connectivity index (χ3n) is 9.17. The Morgan fingerprint density at radius 3 is 1.67 bits per heavy atom. The van der Waals surface area contributed by atoms with Gasteiger partial charge in [-0.2, -0.15) is 0 Å². The van der Waals surface area contributed by atoms with Crippen molar-refractivity contribution in [2.75, 3.05) is 5.32 Å². The van der Waals surface area contributed by atoms with Crippen molar-refractivity contribution in [2.45, 2.75) is 116 Å². The van der Waals surface area contributed by atoms with E-state index in [0.717, 1.165) is 29.6 Å².